The van der Waals surface area contributed by atoms with Gasteiger partial charge in [0.05, 0.1) is 17.1 Å². The van der Waals surface area contributed by atoms with Crippen LogP contribution in [0.1, 0.15) is 25.3 Å². The van der Waals surface area contributed by atoms with Gasteiger partial charge in [-0.05, 0) is 37.5 Å². The molecule has 1 aromatic carbocycles. The first-order chi connectivity index (χ1) is 8.52. The van der Waals surface area contributed by atoms with Crippen LogP contribution in [0.25, 0.3) is 0 Å². The minimum atomic E-state index is -0.395. The predicted octanol–water partition coefficient (Wildman–Crippen LogP) is 2.49. The Kier molecular flexibility index (Phi) is 2.52. The largest absolute Gasteiger partial charge is 0.370 e. The molecule has 2 N–H and O–H groups in total. The van der Waals surface area contributed by atoms with Crippen LogP contribution in [0.5, 0.6) is 0 Å². The van der Waals surface area contributed by atoms with Crippen molar-refractivity contribution in [1.82, 2.24) is 4.90 Å². The van der Waals surface area contributed by atoms with Gasteiger partial charge in [0, 0.05) is 6.04 Å². The molecule has 1 atom stereocenters. The first kappa shape index (κ1) is 11.8. The molecular formula is C13H15ClFN3. The lowest BCUT2D eigenvalue weighted by atomic mass is 9.91. The van der Waals surface area contributed by atoms with Crippen molar-refractivity contribution in [3.05, 3.63) is 34.6 Å². The normalized spacial score (nSPS) is 27.5. The summed E-state index contributed by atoms with van der Waals surface area (Å²) < 4.78 is 13.3. The lowest BCUT2D eigenvalue weighted by Crippen LogP contribution is -2.48. The molecule has 1 aliphatic heterocycles. The van der Waals surface area contributed by atoms with Crippen LogP contribution in [-0.4, -0.2) is 23.4 Å². The van der Waals surface area contributed by atoms with E-state index < -0.39 is 5.82 Å². The molecule has 0 radical (unpaired) electrons. The van der Waals surface area contributed by atoms with E-state index in [-0.39, 0.29) is 10.6 Å². The van der Waals surface area contributed by atoms with Crippen LogP contribution >= 0.6 is 11.6 Å². The van der Waals surface area contributed by atoms with E-state index in [0.29, 0.717) is 18.5 Å². The summed E-state index contributed by atoms with van der Waals surface area (Å²) in [4.78, 5) is 6.49. The Labute approximate surface area is 110 Å². The van der Waals surface area contributed by atoms with E-state index in [2.05, 4.69) is 16.8 Å². The van der Waals surface area contributed by atoms with E-state index in [9.17, 15) is 4.39 Å². The maximum atomic E-state index is 13.3. The summed E-state index contributed by atoms with van der Waals surface area (Å²) in [6.45, 7) is 2.68. The highest BCUT2D eigenvalue weighted by Crippen LogP contribution is 2.41. The third kappa shape index (κ3) is 1.67. The molecule has 2 aliphatic rings. The third-order valence-corrected chi connectivity index (χ3v) is 4.07. The Hall–Kier alpha value is -1.29. The van der Waals surface area contributed by atoms with E-state index in [1.165, 1.54) is 6.07 Å². The minimum Gasteiger partial charge on any atom is -0.370 e. The molecule has 3 nitrogen and oxygen atoms in total. The Balaban J connectivity index is 2.01. The Bertz CT molecular complexity index is 527. The van der Waals surface area contributed by atoms with Crippen LogP contribution in [0.15, 0.2) is 23.2 Å². The zero-order chi connectivity index (χ0) is 12.9. The maximum absolute atomic E-state index is 13.3. The molecule has 0 aromatic heterocycles. The number of rotatable bonds is 2. The van der Waals surface area contributed by atoms with Crippen molar-refractivity contribution in [3.63, 3.8) is 0 Å². The van der Waals surface area contributed by atoms with Gasteiger partial charge in [-0.3, -0.25) is 4.99 Å². The fraction of sp³-hybridized carbons (Fsp3) is 0.462. The number of hydrogen-bond acceptors (Lipinski definition) is 3. The molecule has 1 fully saturated rings. The molecule has 1 unspecified atom stereocenters. The molecule has 18 heavy (non-hydrogen) atoms. The Morgan fingerprint density at radius 2 is 2.22 bits per heavy atom. The van der Waals surface area contributed by atoms with Gasteiger partial charge in [0.25, 0.3) is 0 Å². The highest BCUT2D eigenvalue weighted by molar-refractivity contribution is 6.30. The van der Waals surface area contributed by atoms with Crippen LogP contribution in [0.4, 0.5) is 4.39 Å². The number of aliphatic imine (C=N–C) groups is 1. The molecule has 0 spiro atoms. The second kappa shape index (κ2) is 3.85. The minimum absolute atomic E-state index is 0.148. The van der Waals surface area contributed by atoms with Gasteiger partial charge < -0.3 is 10.6 Å². The van der Waals surface area contributed by atoms with Crippen LogP contribution in [0.2, 0.25) is 5.02 Å². The zero-order valence-corrected chi connectivity index (χ0v) is 10.9. The van der Waals surface area contributed by atoms with Crippen LogP contribution < -0.4 is 5.73 Å². The van der Waals surface area contributed by atoms with Crippen LogP contribution in [0.3, 0.4) is 0 Å². The average molecular weight is 268 g/mol. The van der Waals surface area contributed by atoms with Gasteiger partial charge >= 0.3 is 0 Å². The van der Waals surface area contributed by atoms with Crippen molar-refractivity contribution in [2.24, 2.45) is 10.7 Å². The van der Waals surface area contributed by atoms with E-state index in [1.807, 2.05) is 0 Å². The SMILES string of the molecule is CC1(c2ccc(F)c(Cl)c2)CN=C(N)N1C1CC1. The molecule has 0 amide bonds. The van der Waals surface area contributed by atoms with E-state index in [1.54, 1.807) is 12.1 Å². The van der Waals surface area contributed by atoms with Crippen molar-refractivity contribution < 1.29 is 4.39 Å². The molecule has 1 heterocycles. The van der Waals surface area contributed by atoms with Crippen LogP contribution in [-0.2, 0) is 5.54 Å². The van der Waals surface area contributed by atoms with Gasteiger partial charge in [-0.2, -0.15) is 0 Å². The lowest BCUT2D eigenvalue weighted by Gasteiger charge is -2.37. The molecule has 0 bridgehead atoms. The predicted molar refractivity (Wildman–Crippen MR) is 70.1 cm³/mol. The van der Waals surface area contributed by atoms with Gasteiger partial charge in [-0.15, -0.1) is 0 Å². The fourth-order valence-corrected chi connectivity index (χ4v) is 2.80. The van der Waals surface area contributed by atoms with Gasteiger partial charge in [-0.25, -0.2) is 4.39 Å². The van der Waals surface area contributed by atoms with Crippen molar-refractivity contribution >= 4 is 17.6 Å². The molecule has 0 saturated heterocycles. The van der Waals surface area contributed by atoms with E-state index in [4.69, 9.17) is 17.3 Å². The summed E-state index contributed by atoms with van der Waals surface area (Å²) in [6, 6.07) is 5.32. The van der Waals surface area contributed by atoms with Gasteiger partial charge in [-0.1, -0.05) is 17.7 Å². The lowest BCUT2D eigenvalue weighted by molar-refractivity contribution is 0.216. The first-order valence-electron chi connectivity index (χ1n) is 6.07. The first-order valence-corrected chi connectivity index (χ1v) is 6.45. The van der Waals surface area contributed by atoms with Crippen LogP contribution in [0, 0.1) is 5.82 Å². The topological polar surface area (TPSA) is 41.6 Å². The molecule has 5 heteroatoms. The van der Waals surface area contributed by atoms with Crippen molar-refractivity contribution in [2.45, 2.75) is 31.3 Å². The fourth-order valence-electron chi connectivity index (χ4n) is 2.62. The highest BCUT2D eigenvalue weighted by atomic mass is 35.5. The second-order valence-corrected chi connectivity index (χ2v) is 5.59. The Morgan fingerprint density at radius 1 is 1.50 bits per heavy atom. The number of hydrogen-bond donors (Lipinski definition) is 1. The van der Waals surface area contributed by atoms with Crippen molar-refractivity contribution in [2.75, 3.05) is 6.54 Å². The number of nitrogens with two attached hydrogens (primary N) is 1. The van der Waals surface area contributed by atoms with Gasteiger partial charge in [0.2, 0.25) is 0 Å². The zero-order valence-electron chi connectivity index (χ0n) is 10.2. The van der Waals surface area contributed by atoms with Gasteiger partial charge in [0.15, 0.2) is 5.96 Å². The second-order valence-electron chi connectivity index (χ2n) is 5.18. The number of nitrogens with zero attached hydrogens (tertiary/aromatic N) is 2. The standard InChI is InChI=1S/C13H15ClFN3/c1-13(8-2-5-11(15)10(14)6-8)7-17-12(16)18(13)9-3-4-9/h2,5-6,9H,3-4,7H2,1H3,(H2,16,17). The summed E-state index contributed by atoms with van der Waals surface area (Å²) in [5.74, 6) is 0.189. The van der Waals surface area contributed by atoms with E-state index in [0.717, 1.165) is 18.4 Å². The van der Waals surface area contributed by atoms with E-state index >= 15 is 0 Å². The Morgan fingerprint density at radius 3 is 2.83 bits per heavy atom. The maximum Gasteiger partial charge on any atom is 0.192 e. The van der Waals surface area contributed by atoms with Crippen molar-refractivity contribution in [1.29, 1.82) is 0 Å². The van der Waals surface area contributed by atoms with Gasteiger partial charge in [0.1, 0.15) is 5.82 Å². The average Bonchev–Trinajstić information content (AvgIpc) is 3.10. The molecule has 1 aromatic rings. The monoisotopic (exact) mass is 267 g/mol. The quantitative estimate of drug-likeness (QED) is 0.894. The molecule has 1 aliphatic carbocycles. The summed E-state index contributed by atoms with van der Waals surface area (Å²) >= 11 is 5.87. The number of benzene rings is 1. The molecule has 96 valence electrons. The summed E-state index contributed by atoms with van der Waals surface area (Å²) in [7, 11) is 0. The highest BCUT2D eigenvalue weighted by Gasteiger charge is 2.46. The molecule has 3 rings (SSSR count). The summed E-state index contributed by atoms with van der Waals surface area (Å²) in [5, 5.41) is 0.148. The van der Waals surface area contributed by atoms with Crippen molar-refractivity contribution in [3.8, 4) is 0 Å². The number of halogens is 2. The molecular weight excluding hydrogens is 253 g/mol. The summed E-state index contributed by atoms with van der Waals surface area (Å²) in [5.41, 5.74) is 6.63. The summed E-state index contributed by atoms with van der Waals surface area (Å²) in [6.07, 6.45) is 2.28. The molecule has 1 saturated carbocycles. The smallest absolute Gasteiger partial charge is 0.192 e. The third-order valence-electron chi connectivity index (χ3n) is 3.78. The number of guanidine groups is 1.